The first-order valence-electron chi connectivity index (χ1n) is 5.81. The van der Waals surface area contributed by atoms with Crippen molar-refractivity contribution in [3.63, 3.8) is 0 Å². The average Bonchev–Trinajstić information content (AvgIpc) is 2.97. The Bertz CT molecular complexity index is 564. The maximum atomic E-state index is 12.0. The van der Waals surface area contributed by atoms with Crippen LogP contribution < -0.4 is 16.0 Å². The Morgan fingerprint density at radius 2 is 2.17 bits per heavy atom. The van der Waals surface area contributed by atoms with Gasteiger partial charge in [-0.05, 0) is 30.3 Å². The Balaban J connectivity index is 1.85. The molecular weight excluding hydrogens is 228 g/mol. The van der Waals surface area contributed by atoms with E-state index in [1.807, 2.05) is 30.5 Å². The number of aromatic amines is 1. The molecule has 2 heterocycles. The van der Waals surface area contributed by atoms with E-state index in [2.05, 4.69) is 10.3 Å². The zero-order valence-electron chi connectivity index (χ0n) is 9.76. The standard InChI is InChI=1S/C13H14N4O/c14-9-3-1-4-10(7-9)17-8-12(16-13(17)18)11-5-2-6-15-11/h1-7,12,15H,8,14H2,(H,16,18). The van der Waals surface area contributed by atoms with Crippen molar-refractivity contribution in [2.75, 3.05) is 17.2 Å². The van der Waals surface area contributed by atoms with Crippen molar-refractivity contribution in [2.24, 2.45) is 0 Å². The van der Waals surface area contributed by atoms with Crippen LogP contribution in [-0.4, -0.2) is 17.6 Å². The lowest BCUT2D eigenvalue weighted by atomic mass is 10.2. The van der Waals surface area contributed by atoms with Gasteiger partial charge in [0.25, 0.3) is 0 Å². The molecule has 1 unspecified atom stereocenters. The summed E-state index contributed by atoms with van der Waals surface area (Å²) in [6, 6.07) is 11.1. The van der Waals surface area contributed by atoms with Gasteiger partial charge in [-0.3, -0.25) is 4.90 Å². The number of rotatable bonds is 2. The van der Waals surface area contributed by atoms with Crippen LogP contribution in [0.1, 0.15) is 11.7 Å². The lowest BCUT2D eigenvalue weighted by molar-refractivity contribution is 0.251. The minimum atomic E-state index is -0.0970. The Hall–Kier alpha value is -2.43. The Labute approximate surface area is 105 Å². The van der Waals surface area contributed by atoms with Gasteiger partial charge in [-0.25, -0.2) is 4.79 Å². The van der Waals surface area contributed by atoms with E-state index in [0.717, 1.165) is 11.4 Å². The molecule has 0 spiro atoms. The topological polar surface area (TPSA) is 74.2 Å². The Morgan fingerprint density at radius 3 is 2.89 bits per heavy atom. The third kappa shape index (κ3) is 1.79. The van der Waals surface area contributed by atoms with Gasteiger partial charge >= 0.3 is 6.03 Å². The molecule has 5 nitrogen and oxygen atoms in total. The molecule has 2 aromatic rings. The minimum absolute atomic E-state index is 0.00562. The predicted octanol–water partition coefficient (Wildman–Crippen LogP) is 1.87. The number of nitrogen functional groups attached to an aromatic ring is 1. The third-order valence-corrected chi connectivity index (χ3v) is 3.09. The molecule has 1 aromatic heterocycles. The second-order valence-corrected chi connectivity index (χ2v) is 4.33. The fraction of sp³-hybridized carbons (Fsp3) is 0.154. The van der Waals surface area contributed by atoms with Crippen LogP contribution in [0.5, 0.6) is 0 Å². The number of nitrogens with zero attached hydrogens (tertiary/aromatic N) is 1. The molecular formula is C13H14N4O. The van der Waals surface area contributed by atoms with Crippen molar-refractivity contribution >= 4 is 17.4 Å². The highest BCUT2D eigenvalue weighted by Crippen LogP contribution is 2.25. The highest BCUT2D eigenvalue weighted by molar-refractivity contribution is 5.95. The largest absolute Gasteiger partial charge is 0.399 e. The highest BCUT2D eigenvalue weighted by atomic mass is 16.2. The zero-order chi connectivity index (χ0) is 12.5. The summed E-state index contributed by atoms with van der Waals surface area (Å²) in [5.41, 5.74) is 8.22. The van der Waals surface area contributed by atoms with Crippen molar-refractivity contribution in [3.05, 3.63) is 48.3 Å². The lowest BCUT2D eigenvalue weighted by Crippen LogP contribution is -2.27. The van der Waals surface area contributed by atoms with Gasteiger partial charge in [-0.2, -0.15) is 0 Å². The van der Waals surface area contributed by atoms with Gasteiger partial charge in [0.15, 0.2) is 0 Å². The van der Waals surface area contributed by atoms with Crippen LogP contribution in [0.3, 0.4) is 0 Å². The molecule has 0 radical (unpaired) electrons. The number of urea groups is 1. The van der Waals surface area contributed by atoms with Crippen LogP contribution in [0.4, 0.5) is 16.2 Å². The van der Waals surface area contributed by atoms with Crippen LogP contribution in [0, 0.1) is 0 Å². The Kier molecular flexibility index (Phi) is 2.44. The summed E-state index contributed by atoms with van der Waals surface area (Å²) in [5, 5.41) is 2.94. The number of hydrogen-bond donors (Lipinski definition) is 3. The number of benzene rings is 1. The monoisotopic (exact) mass is 242 g/mol. The summed E-state index contributed by atoms with van der Waals surface area (Å²) in [6.07, 6.45) is 1.85. The van der Waals surface area contributed by atoms with E-state index in [0.29, 0.717) is 12.2 Å². The number of nitrogens with two attached hydrogens (primary N) is 1. The van der Waals surface area contributed by atoms with Gasteiger partial charge in [0.05, 0.1) is 12.6 Å². The molecule has 1 atom stereocenters. The second-order valence-electron chi connectivity index (χ2n) is 4.33. The van der Waals surface area contributed by atoms with Gasteiger partial charge in [-0.1, -0.05) is 6.07 Å². The van der Waals surface area contributed by atoms with Crippen LogP contribution in [0.15, 0.2) is 42.6 Å². The number of hydrogen-bond acceptors (Lipinski definition) is 2. The normalized spacial score (nSPS) is 19.0. The predicted molar refractivity (Wildman–Crippen MR) is 70.3 cm³/mol. The van der Waals surface area contributed by atoms with Crippen molar-refractivity contribution < 1.29 is 4.79 Å². The summed E-state index contributed by atoms with van der Waals surface area (Å²) in [5.74, 6) is 0. The van der Waals surface area contributed by atoms with Crippen molar-refractivity contribution in [1.29, 1.82) is 0 Å². The van der Waals surface area contributed by atoms with Gasteiger partial charge in [0.2, 0.25) is 0 Å². The van der Waals surface area contributed by atoms with Crippen molar-refractivity contribution in [1.82, 2.24) is 10.3 Å². The molecule has 3 rings (SSSR count). The summed E-state index contributed by atoms with van der Waals surface area (Å²) in [4.78, 5) is 16.8. The molecule has 1 aliphatic rings. The summed E-state index contributed by atoms with van der Waals surface area (Å²) < 4.78 is 0. The molecule has 2 amide bonds. The quantitative estimate of drug-likeness (QED) is 0.703. The molecule has 1 saturated heterocycles. The maximum Gasteiger partial charge on any atom is 0.322 e. The summed E-state index contributed by atoms with van der Waals surface area (Å²) in [7, 11) is 0. The van der Waals surface area contributed by atoms with Gasteiger partial charge < -0.3 is 16.0 Å². The smallest absolute Gasteiger partial charge is 0.322 e. The van der Waals surface area contributed by atoms with Gasteiger partial charge in [0.1, 0.15) is 0 Å². The first kappa shape index (κ1) is 10.7. The molecule has 18 heavy (non-hydrogen) atoms. The van der Waals surface area contributed by atoms with Crippen molar-refractivity contribution in [3.8, 4) is 0 Å². The first-order chi connectivity index (χ1) is 8.74. The molecule has 1 aliphatic heterocycles. The van der Waals surface area contributed by atoms with Crippen LogP contribution in [-0.2, 0) is 0 Å². The van der Waals surface area contributed by atoms with E-state index in [9.17, 15) is 4.79 Å². The van der Waals surface area contributed by atoms with E-state index in [4.69, 9.17) is 5.73 Å². The van der Waals surface area contributed by atoms with Crippen LogP contribution in [0.25, 0.3) is 0 Å². The van der Waals surface area contributed by atoms with E-state index in [1.165, 1.54) is 0 Å². The molecule has 0 saturated carbocycles. The second kappa shape index (κ2) is 4.10. The zero-order valence-corrected chi connectivity index (χ0v) is 9.76. The van der Waals surface area contributed by atoms with Gasteiger partial charge in [-0.15, -0.1) is 0 Å². The van der Waals surface area contributed by atoms with E-state index in [-0.39, 0.29) is 12.1 Å². The van der Waals surface area contributed by atoms with Crippen LogP contribution >= 0.6 is 0 Å². The summed E-state index contributed by atoms with van der Waals surface area (Å²) in [6.45, 7) is 0.600. The number of nitrogens with one attached hydrogen (secondary N) is 2. The first-order valence-corrected chi connectivity index (χ1v) is 5.81. The molecule has 0 aliphatic carbocycles. The average molecular weight is 242 g/mol. The number of H-pyrrole nitrogens is 1. The van der Waals surface area contributed by atoms with E-state index >= 15 is 0 Å². The molecule has 4 N–H and O–H groups in total. The lowest BCUT2D eigenvalue weighted by Gasteiger charge is -2.14. The van der Waals surface area contributed by atoms with Crippen LogP contribution in [0.2, 0.25) is 0 Å². The fourth-order valence-electron chi connectivity index (χ4n) is 2.19. The number of aromatic nitrogens is 1. The van der Waals surface area contributed by atoms with Crippen molar-refractivity contribution in [2.45, 2.75) is 6.04 Å². The molecule has 1 fully saturated rings. The Morgan fingerprint density at radius 1 is 1.28 bits per heavy atom. The molecule has 5 heteroatoms. The number of carbonyl (C=O) groups excluding carboxylic acids is 1. The maximum absolute atomic E-state index is 12.0. The third-order valence-electron chi connectivity index (χ3n) is 3.09. The summed E-state index contributed by atoms with van der Waals surface area (Å²) >= 11 is 0. The molecule has 1 aromatic carbocycles. The number of carbonyl (C=O) groups is 1. The molecule has 92 valence electrons. The van der Waals surface area contributed by atoms with Gasteiger partial charge in [0, 0.05) is 23.3 Å². The highest BCUT2D eigenvalue weighted by Gasteiger charge is 2.31. The number of amides is 2. The SMILES string of the molecule is Nc1cccc(N2CC(c3ccc[nH]3)NC2=O)c1. The molecule has 0 bridgehead atoms. The minimum Gasteiger partial charge on any atom is -0.399 e. The van der Waals surface area contributed by atoms with E-state index < -0.39 is 0 Å². The van der Waals surface area contributed by atoms with E-state index in [1.54, 1.807) is 17.0 Å². The fourth-order valence-corrected chi connectivity index (χ4v) is 2.19. The number of anilines is 2.